The number of rotatable bonds is 8. The van der Waals surface area contributed by atoms with E-state index in [0.29, 0.717) is 12.6 Å². The van der Waals surface area contributed by atoms with Crippen LogP contribution in [0.1, 0.15) is 16.9 Å². The molecule has 3 rings (SSSR count). The van der Waals surface area contributed by atoms with Crippen molar-refractivity contribution in [2.45, 2.75) is 25.6 Å². The van der Waals surface area contributed by atoms with E-state index in [-0.39, 0.29) is 12.5 Å². The number of thiophene rings is 1. The van der Waals surface area contributed by atoms with Crippen molar-refractivity contribution in [3.8, 4) is 11.5 Å². The molecule has 0 fully saturated rings. The third-order valence-corrected chi connectivity index (χ3v) is 5.00. The van der Waals surface area contributed by atoms with Gasteiger partial charge in [0, 0.05) is 30.0 Å². The third-order valence-electron chi connectivity index (χ3n) is 4.15. The molecule has 4 nitrogen and oxygen atoms in total. The Balaban J connectivity index is 1.56. The van der Waals surface area contributed by atoms with Gasteiger partial charge in [-0.3, -0.25) is 0 Å². The molecule has 0 unspecified atom stereocenters. The number of methoxy groups -OCH3 is 1. The summed E-state index contributed by atoms with van der Waals surface area (Å²) in [6.45, 7) is 1.54. The number of benzene rings is 1. The molecule has 2 N–H and O–H groups in total. The average molecular weight is 345 g/mol. The first-order chi connectivity index (χ1) is 11.8. The lowest BCUT2D eigenvalue weighted by Crippen LogP contribution is -2.26. The first-order valence-electron chi connectivity index (χ1n) is 8.13. The molecule has 0 saturated carbocycles. The van der Waals surface area contributed by atoms with Crippen molar-refractivity contribution in [2.24, 2.45) is 5.92 Å². The highest BCUT2D eigenvalue weighted by Crippen LogP contribution is 2.29. The van der Waals surface area contributed by atoms with E-state index in [0.717, 1.165) is 30.0 Å². The van der Waals surface area contributed by atoms with Gasteiger partial charge in [0.2, 0.25) is 0 Å². The molecule has 0 saturated heterocycles. The summed E-state index contributed by atoms with van der Waals surface area (Å²) in [5.74, 6) is 1.79. The van der Waals surface area contributed by atoms with E-state index in [9.17, 15) is 5.11 Å². The molecule has 0 spiro atoms. The predicted octanol–water partition coefficient (Wildman–Crippen LogP) is 3.36. The number of aliphatic hydroxyl groups is 1. The number of nitrogens with one attached hydrogen (secondary N) is 1. The Bertz CT molecular complexity index is 669. The van der Waals surface area contributed by atoms with Crippen LogP contribution in [-0.2, 0) is 13.2 Å². The van der Waals surface area contributed by atoms with Crippen molar-refractivity contribution in [3.05, 3.63) is 58.3 Å². The lowest BCUT2D eigenvalue weighted by atomic mass is 10.1. The summed E-state index contributed by atoms with van der Waals surface area (Å²) in [5, 5.41) is 14.7. The van der Waals surface area contributed by atoms with Gasteiger partial charge < -0.3 is 19.9 Å². The number of ether oxygens (including phenoxy) is 2. The van der Waals surface area contributed by atoms with Crippen LogP contribution in [0.2, 0.25) is 0 Å². The van der Waals surface area contributed by atoms with Gasteiger partial charge in [0.25, 0.3) is 0 Å². The highest BCUT2D eigenvalue weighted by Gasteiger charge is 2.17. The average Bonchev–Trinajstić information content (AvgIpc) is 3.29. The summed E-state index contributed by atoms with van der Waals surface area (Å²) in [6.07, 6.45) is 5.17. The second-order valence-electron chi connectivity index (χ2n) is 5.90. The molecule has 1 aliphatic carbocycles. The van der Waals surface area contributed by atoms with E-state index in [1.165, 1.54) is 4.88 Å². The fourth-order valence-corrected chi connectivity index (χ4v) is 3.41. The number of aliphatic hydroxyl groups excluding tert-OH is 1. The molecule has 0 bridgehead atoms. The Morgan fingerprint density at radius 3 is 2.88 bits per heavy atom. The summed E-state index contributed by atoms with van der Waals surface area (Å²) in [5.41, 5.74) is 1.15. The zero-order valence-electron chi connectivity index (χ0n) is 13.8. The largest absolute Gasteiger partial charge is 0.493 e. The molecule has 0 amide bonds. The summed E-state index contributed by atoms with van der Waals surface area (Å²) in [4.78, 5) is 1.19. The van der Waals surface area contributed by atoms with Crippen molar-refractivity contribution in [1.82, 2.24) is 5.32 Å². The summed E-state index contributed by atoms with van der Waals surface area (Å²) < 4.78 is 11.3. The van der Waals surface area contributed by atoms with Crippen LogP contribution >= 0.6 is 11.3 Å². The summed E-state index contributed by atoms with van der Waals surface area (Å²) in [6, 6.07) is 10.4. The molecule has 24 heavy (non-hydrogen) atoms. The monoisotopic (exact) mass is 345 g/mol. The lowest BCUT2D eigenvalue weighted by Gasteiger charge is -2.15. The van der Waals surface area contributed by atoms with Crippen LogP contribution in [0.15, 0.2) is 47.9 Å². The van der Waals surface area contributed by atoms with Gasteiger partial charge in [-0.15, -0.1) is 11.3 Å². The van der Waals surface area contributed by atoms with Crippen LogP contribution in [0, 0.1) is 5.92 Å². The van der Waals surface area contributed by atoms with Gasteiger partial charge in [-0.1, -0.05) is 24.3 Å². The van der Waals surface area contributed by atoms with E-state index in [4.69, 9.17) is 9.47 Å². The van der Waals surface area contributed by atoms with Crippen molar-refractivity contribution >= 4 is 11.3 Å². The van der Waals surface area contributed by atoms with E-state index < -0.39 is 0 Å². The van der Waals surface area contributed by atoms with Gasteiger partial charge >= 0.3 is 0 Å². The molecule has 128 valence electrons. The lowest BCUT2D eigenvalue weighted by molar-refractivity contribution is 0.246. The molecule has 0 radical (unpaired) electrons. The molecule has 1 heterocycles. The molecule has 2 atom stereocenters. The van der Waals surface area contributed by atoms with E-state index >= 15 is 0 Å². The Labute approximate surface area is 146 Å². The first-order valence-corrected chi connectivity index (χ1v) is 9.01. The maximum Gasteiger partial charge on any atom is 0.161 e. The van der Waals surface area contributed by atoms with Crippen LogP contribution in [0.25, 0.3) is 0 Å². The minimum absolute atomic E-state index is 0.221. The molecule has 1 aromatic carbocycles. The zero-order valence-corrected chi connectivity index (χ0v) is 14.6. The van der Waals surface area contributed by atoms with Crippen molar-refractivity contribution < 1.29 is 14.6 Å². The predicted molar refractivity (Wildman–Crippen MR) is 96.6 cm³/mol. The third kappa shape index (κ3) is 4.38. The van der Waals surface area contributed by atoms with Gasteiger partial charge in [-0.25, -0.2) is 0 Å². The number of hydrogen-bond acceptors (Lipinski definition) is 5. The smallest absolute Gasteiger partial charge is 0.161 e. The fourth-order valence-electron chi connectivity index (χ4n) is 2.80. The van der Waals surface area contributed by atoms with Crippen molar-refractivity contribution in [3.63, 3.8) is 0 Å². The molecule has 2 aromatic rings. The summed E-state index contributed by atoms with van der Waals surface area (Å²) >= 11 is 1.68. The van der Waals surface area contributed by atoms with Crippen LogP contribution in [-0.4, -0.2) is 24.9 Å². The van der Waals surface area contributed by atoms with Gasteiger partial charge in [-0.2, -0.15) is 0 Å². The molecular weight excluding hydrogens is 322 g/mol. The maximum atomic E-state index is 9.18. The Kier molecular flexibility index (Phi) is 5.91. The highest BCUT2D eigenvalue weighted by molar-refractivity contribution is 7.09. The normalized spacial score (nSPS) is 19.6. The van der Waals surface area contributed by atoms with Crippen LogP contribution in [0.4, 0.5) is 0 Å². The van der Waals surface area contributed by atoms with Gasteiger partial charge in [0.1, 0.15) is 6.61 Å². The Morgan fingerprint density at radius 2 is 2.17 bits per heavy atom. The minimum Gasteiger partial charge on any atom is -0.493 e. The van der Waals surface area contributed by atoms with E-state index in [1.807, 2.05) is 23.6 Å². The number of hydrogen-bond donors (Lipinski definition) is 2. The van der Waals surface area contributed by atoms with Crippen LogP contribution in [0.5, 0.6) is 11.5 Å². The van der Waals surface area contributed by atoms with Crippen LogP contribution < -0.4 is 14.8 Å². The topological polar surface area (TPSA) is 50.7 Å². The Hall–Kier alpha value is -1.82. The van der Waals surface area contributed by atoms with Crippen molar-refractivity contribution in [1.29, 1.82) is 0 Å². The standard InChI is InChI=1S/C19H23NO3S/c1-22-19-10-14(11-20-16-6-4-15(9-16)12-21)5-7-18(19)23-13-17-3-2-8-24-17/h2-8,10,15-16,20-21H,9,11-13H2,1H3/t15-,16+/m0/s1. The van der Waals surface area contributed by atoms with Gasteiger partial charge in [-0.05, 0) is 35.6 Å². The molecule has 0 aliphatic heterocycles. The van der Waals surface area contributed by atoms with Crippen LogP contribution in [0.3, 0.4) is 0 Å². The zero-order chi connectivity index (χ0) is 16.8. The van der Waals surface area contributed by atoms with Crippen molar-refractivity contribution in [2.75, 3.05) is 13.7 Å². The summed E-state index contributed by atoms with van der Waals surface area (Å²) in [7, 11) is 1.66. The highest BCUT2D eigenvalue weighted by atomic mass is 32.1. The minimum atomic E-state index is 0.221. The Morgan fingerprint density at radius 1 is 1.25 bits per heavy atom. The second-order valence-corrected chi connectivity index (χ2v) is 6.94. The molecule has 1 aromatic heterocycles. The van der Waals surface area contributed by atoms with Gasteiger partial charge in [0.05, 0.1) is 7.11 Å². The molecule has 1 aliphatic rings. The van der Waals surface area contributed by atoms with E-state index in [2.05, 4.69) is 29.6 Å². The second kappa shape index (κ2) is 8.33. The quantitative estimate of drug-likeness (QED) is 0.720. The fraction of sp³-hybridized carbons (Fsp3) is 0.368. The first kappa shape index (κ1) is 17.0. The maximum absolute atomic E-state index is 9.18. The molecular formula is C19H23NO3S. The molecule has 5 heteroatoms. The van der Waals surface area contributed by atoms with E-state index in [1.54, 1.807) is 18.4 Å². The van der Waals surface area contributed by atoms with Gasteiger partial charge in [0.15, 0.2) is 11.5 Å². The SMILES string of the molecule is COc1cc(CN[C@@H]2C=C[C@H](CO)C2)ccc1OCc1cccs1.